The van der Waals surface area contributed by atoms with Gasteiger partial charge < -0.3 is 15.2 Å². The standard InChI is InChI=1S/C20H18N6O4/c27-10-11-2-1-3-15(6-11)30-20-24-17-13(7-12-8-16(28)23-18(12)29)9-21-26(17)19(25-20)22-14-4-5-14/h1-3,6-7,9,14,27H,4-5,8,10H2,(H,22,24,25)(H,23,28,29)/b12-7+. The zero-order valence-electron chi connectivity index (χ0n) is 15.8. The molecule has 3 N–H and O–H groups in total. The predicted octanol–water partition coefficient (Wildman–Crippen LogP) is 1.41. The summed E-state index contributed by atoms with van der Waals surface area (Å²) in [6, 6.07) is 7.43. The van der Waals surface area contributed by atoms with E-state index in [0.29, 0.717) is 40.1 Å². The minimum atomic E-state index is -0.415. The zero-order valence-corrected chi connectivity index (χ0v) is 15.8. The van der Waals surface area contributed by atoms with Crippen LogP contribution in [0.1, 0.15) is 30.4 Å². The minimum Gasteiger partial charge on any atom is -0.424 e. The second-order valence-electron chi connectivity index (χ2n) is 7.21. The number of carbonyl (C=O) groups excluding carboxylic acids is 2. The first-order chi connectivity index (χ1) is 14.6. The Morgan fingerprint density at radius 2 is 2.17 bits per heavy atom. The van der Waals surface area contributed by atoms with Crippen LogP contribution in [0.2, 0.25) is 0 Å². The highest BCUT2D eigenvalue weighted by atomic mass is 16.5. The number of ether oxygens (including phenoxy) is 1. The molecule has 2 aliphatic rings. The first-order valence-electron chi connectivity index (χ1n) is 9.54. The van der Waals surface area contributed by atoms with Crippen molar-refractivity contribution in [2.45, 2.75) is 31.9 Å². The molecular formula is C20H18N6O4. The normalized spacial score (nSPS) is 17.6. The Morgan fingerprint density at radius 1 is 1.30 bits per heavy atom. The van der Waals surface area contributed by atoms with Crippen LogP contribution in [-0.2, 0) is 16.2 Å². The van der Waals surface area contributed by atoms with Gasteiger partial charge in [0.1, 0.15) is 5.75 Å². The minimum absolute atomic E-state index is 0.0196. The molecule has 30 heavy (non-hydrogen) atoms. The molecule has 2 aromatic heterocycles. The Labute approximate surface area is 170 Å². The lowest BCUT2D eigenvalue weighted by Gasteiger charge is -2.10. The van der Waals surface area contributed by atoms with Crippen LogP contribution in [0.15, 0.2) is 36.0 Å². The van der Waals surface area contributed by atoms with Crippen LogP contribution >= 0.6 is 0 Å². The summed E-state index contributed by atoms with van der Waals surface area (Å²) in [6.07, 6.45) is 5.28. The maximum atomic E-state index is 11.9. The van der Waals surface area contributed by atoms with Gasteiger partial charge in [-0.2, -0.15) is 19.6 Å². The molecule has 0 radical (unpaired) electrons. The van der Waals surface area contributed by atoms with Gasteiger partial charge in [0, 0.05) is 17.2 Å². The van der Waals surface area contributed by atoms with E-state index >= 15 is 0 Å². The molecule has 3 aromatic rings. The Hall–Kier alpha value is -3.79. The number of rotatable bonds is 6. The molecule has 0 spiro atoms. The Morgan fingerprint density at radius 3 is 2.90 bits per heavy atom. The first-order valence-corrected chi connectivity index (χ1v) is 9.54. The molecular weight excluding hydrogens is 388 g/mol. The third-order valence-corrected chi connectivity index (χ3v) is 4.80. The van der Waals surface area contributed by atoms with Crippen molar-refractivity contribution in [1.29, 1.82) is 0 Å². The molecule has 1 aliphatic heterocycles. The van der Waals surface area contributed by atoms with Gasteiger partial charge in [0.25, 0.3) is 5.91 Å². The van der Waals surface area contributed by atoms with Crippen LogP contribution in [0.3, 0.4) is 0 Å². The van der Waals surface area contributed by atoms with Gasteiger partial charge >= 0.3 is 6.01 Å². The molecule has 152 valence electrons. The van der Waals surface area contributed by atoms with Crippen molar-refractivity contribution in [2.75, 3.05) is 5.32 Å². The smallest absolute Gasteiger partial charge is 0.327 e. The summed E-state index contributed by atoms with van der Waals surface area (Å²) in [5.41, 5.74) is 2.08. The van der Waals surface area contributed by atoms with Crippen LogP contribution in [-0.4, -0.2) is 42.5 Å². The van der Waals surface area contributed by atoms with Gasteiger partial charge in [-0.05, 0) is 36.6 Å². The van der Waals surface area contributed by atoms with E-state index in [2.05, 4.69) is 25.7 Å². The summed E-state index contributed by atoms with van der Waals surface area (Å²) in [6.45, 7) is -0.104. The third-order valence-electron chi connectivity index (χ3n) is 4.80. The van der Waals surface area contributed by atoms with Crippen LogP contribution in [0, 0.1) is 0 Å². The number of aliphatic hydroxyl groups is 1. The molecule has 2 fully saturated rings. The number of anilines is 1. The fourth-order valence-electron chi connectivity index (χ4n) is 3.15. The fourth-order valence-corrected chi connectivity index (χ4v) is 3.15. The van der Waals surface area contributed by atoms with Gasteiger partial charge in [-0.3, -0.25) is 14.9 Å². The number of nitrogens with zero attached hydrogens (tertiary/aromatic N) is 4. The Balaban J connectivity index is 1.56. The molecule has 1 saturated heterocycles. The monoisotopic (exact) mass is 406 g/mol. The Kier molecular flexibility index (Phi) is 4.40. The molecule has 5 rings (SSSR count). The molecule has 10 heteroatoms. The van der Waals surface area contributed by atoms with E-state index < -0.39 is 5.91 Å². The Bertz CT molecular complexity index is 1200. The van der Waals surface area contributed by atoms with Gasteiger partial charge in [0.15, 0.2) is 5.65 Å². The van der Waals surface area contributed by atoms with Crippen molar-refractivity contribution in [3.05, 3.63) is 47.2 Å². The first kappa shape index (κ1) is 18.3. The largest absolute Gasteiger partial charge is 0.424 e. The maximum absolute atomic E-state index is 11.9. The van der Waals surface area contributed by atoms with Crippen LogP contribution in [0.25, 0.3) is 11.7 Å². The van der Waals surface area contributed by atoms with Crippen LogP contribution in [0.5, 0.6) is 11.8 Å². The predicted molar refractivity (Wildman–Crippen MR) is 106 cm³/mol. The average Bonchev–Trinajstić information content (AvgIpc) is 3.37. The lowest BCUT2D eigenvalue weighted by molar-refractivity contribution is -0.124. The molecule has 3 heterocycles. The number of hydrogen-bond donors (Lipinski definition) is 3. The number of benzene rings is 1. The van der Waals surface area contributed by atoms with Gasteiger partial charge in [0.2, 0.25) is 11.9 Å². The van der Waals surface area contributed by atoms with Crippen LogP contribution < -0.4 is 15.4 Å². The number of fused-ring (bicyclic) bond motifs is 1. The van der Waals surface area contributed by atoms with Crippen molar-refractivity contribution in [1.82, 2.24) is 24.9 Å². The van der Waals surface area contributed by atoms with Gasteiger partial charge in [-0.1, -0.05) is 12.1 Å². The quantitative estimate of drug-likeness (QED) is 0.414. The second kappa shape index (κ2) is 7.23. The number of imide groups is 1. The topological polar surface area (TPSA) is 131 Å². The third kappa shape index (κ3) is 3.60. The lowest BCUT2D eigenvalue weighted by Crippen LogP contribution is -2.19. The van der Waals surface area contributed by atoms with Crippen molar-refractivity contribution >= 4 is 29.5 Å². The van der Waals surface area contributed by atoms with E-state index in [9.17, 15) is 14.7 Å². The number of carbonyl (C=O) groups is 2. The summed E-state index contributed by atoms with van der Waals surface area (Å²) in [7, 11) is 0. The summed E-state index contributed by atoms with van der Waals surface area (Å²) < 4.78 is 7.39. The number of nitrogens with one attached hydrogen (secondary N) is 2. The van der Waals surface area contributed by atoms with Gasteiger partial charge in [-0.25, -0.2) is 0 Å². The van der Waals surface area contributed by atoms with Gasteiger partial charge in [0.05, 0.1) is 19.2 Å². The molecule has 2 amide bonds. The van der Waals surface area contributed by atoms with E-state index in [1.807, 2.05) is 0 Å². The van der Waals surface area contributed by atoms with Crippen molar-refractivity contribution in [2.24, 2.45) is 0 Å². The average molecular weight is 406 g/mol. The van der Waals surface area contributed by atoms with E-state index in [1.165, 1.54) is 0 Å². The van der Waals surface area contributed by atoms with E-state index in [4.69, 9.17) is 4.74 Å². The van der Waals surface area contributed by atoms with Crippen molar-refractivity contribution in [3.8, 4) is 11.8 Å². The second-order valence-corrected chi connectivity index (χ2v) is 7.21. The fraction of sp³-hybridized carbons (Fsp3) is 0.250. The summed E-state index contributed by atoms with van der Waals surface area (Å²) in [4.78, 5) is 32.3. The summed E-state index contributed by atoms with van der Waals surface area (Å²) >= 11 is 0. The van der Waals surface area contributed by atoms with Crippen molar-refractivity contribution < 1.29 is 19.4 Å². The van der Waals surface area contributed by atoms with Crippen LogP contribution in [0.4, 0.5) is 5.95 Å². The highest BCUT2D eigenvalue weighted by Gasteiger charge is 2.26. The maximum Gasteiger partial charge on any atom is 0.327 e. The molecule has 1 saturated carbocycles. The highest BCUT2D eigenvalue weighted by molar-refractivity contribution is 6.15. The van der Waals surface area contributed by atoms with E-state index in [1.54, 1.807) is 41.1 Å². The van der Waals surface area contributed by atoms with Crippen molar-refractivity contribution in [3.63, 3.8) is 0 Å². The SMILES string of the molecule is O=C1C/C(=C\c2cnn3c(NC4CC4)nc(Oc4cccc(CO)c4)nc23)C(=O)N1. The molecule has 10 nitrogen and oxygen atoms in total. The summed E-state index contributed by atoms with van der Waals surface area (Å²) in [5, 5.41) is 19.2. The highest BCUT2D eigenvalue weighted by Crippen LogP contribution is 2.28. The molecule has 1 aliphatic carbocycles. The number of amides is 2. The number of hydrogen-bond acceptors (Lipinski definition) is 8. The molecule has 0 atom stereocenters. The number of aromatic nitrogens is 4. The molecule has 0 unspecified atom stereocenters. The van der Waals surface area contributed by atoms with E-state index in [-0.39, 0.29) is 24.9 Å². The zero-order chi connectivity index (χ0) is 20.7. The lowest BCUT2D eigenvalue weighted by atomic mass is 10.1. The molecule has 0 bridgehead atoms. The number of aliphatic hydroxyl groups excluding tert-OH is 1. The summed E-state index contributed by atoms with van der Waals surface area (Å²) in [5.74, 6) is 0.221. The van der Waals surface area contributed by atoms with E-state index in [0.717, 1.165) is 12.8 Å². The van der Waals surface area contributed by atoms with Gasteiger partial charge in [-0.15, -0.1) is 0 Å². The molecule has 1 aromatic carbocycles.